The first kappa shape index (κ1) is 14.8. The first-order valence-corrected chi connectivity index (χ1v) is 7.71. The molecule has 1 fully saturated rings. The fourth-order valence-electron chi connectivity index (χ4n) is 2.91. The van der Waals surface area contributed by atoms with E-state index in [-0.39, 0.29) is 6.04 Å². The number of nitrogens with zero attached hydrogens (tertiary/aromatic N) is 2. The number of ether oxygens (including phenoxy) is 1. The molecule has 22 heavy (non-hydrogen) atoms. The maximum Gasteiger partial charge on any atom is 0.0736 e. The number of pyridine rings is 2. The first-order valence-electron chi connectivity index (χ1n) is 7.71. The lowest BCUT2D eigenvalue weighted by Gasteiger charge is -2.31. The predicted molar refractivity (Wildman–Crippen MR) is 87.5 cm³/mol. The molecule has 2 aromatic heterocycles. The average Bonchev–Trinajstić information content (AvgIpc) is 2.57. The lowest BCUT2D eigenvalue weighted by molar-refractivity contribution is 0.0601. The fraction of sp³-hybridized carbons (Fsp3) is 0.412. The van der Waals surface area contributed by atoms with E-state index in [1.54, 1.807) is 6.20 Å². The molecule has 1 unspecified atom stereocenters. The van der Waals surface area contributed by atoms with Gasteiger partial charge in [-0.3, -0.25) is 9.97 Å². The van der Waals surface area contributed by atoms with Gasteiger partial charge in [-0.1, -0.05) is 6.07 Å². The number of nitrogens with two attached hydrogens (primary N) is 1. The Morgan fingerprint density at radius 1 is 1.27 bits per heavy atom. The molecule has 3 N–H and O–H groups in total. The van der Waals surface area contributed by atoms with Gasteiger partial charge >= 0.3 is 0 Å². The summed E-state index contributed by atoms with van der Waals surface area (Å²) in [5, 5.41) is 3.59. The Bertz CT molecular complexity index is 611. The molecule has 1 saturated heterocycles. The van der Waals surface area contributed by atoms with Crippen LogP contribution in [0.5, 0.6) is 0 Å². The summed E-state index contributed by atoms with van der Waals surface area (Å²) in [4.78, 5) is 8.77. The number of aromatic nitrogens is 2. The van der Waals surface area contributed by atoms with E-state index in [0.717, 1.165) is 43.1 Å². The molecule has 0 aliphatic carbocycles. The zero-order valence-electron chi connectivity index (χ0n) is 12.8. The molecule has 1 aliphatic heterocycles. The van der Waals surface area contributed by atoms with Crippen molar-refractivity contribution in [3.63, 3.8) is 0 Å². The standard InChI is InChI=1S/C17H22N4O/c1-12-10-16(14(18)11-20-12)21-17(13-5-8-22-9-6-13)15-4-2-3-7-19-15/h2-4,7,10-11,13,17H,5-6,8-9,18H2,1H3,(H,20,21). The normalized spacial score (nSPS) is 17.1. The molecule has 0 amide bonds. The smallest absolute Gasteiger partial charge is 0.0736 e. The van der Waals surface area contributed by atoms with Crippen molar-refractivity contribution in [2.24, 2.45) is 5.92 Å². The lowest BCUT2D eigenvalue weighted by atomic mass is 9.89. The van der Waals surface area contributed by atoms with Crippen LogP contribution in [-0.2, 0) is 4.74 Å². The van der Waals surface area contributed by atoms with E-state index < -0.39 is 0 Å². The highest BCUT2D eigenvalue weighted by atomic mass is 16.5. The molecule has 0 radical (unpaired) electrons. The predicted octanol–water partition coefficient (Wildman–Crippen LogP) is 2.95. The molecule has 0 aromatic carbocycles. The molecule has 2 aromatic rings. The summed E-state index contributed by atoms with van der Waals surface area (Å²) < 4.78 is 5.50. The minimum Gasteiger partial charge on any atom is -0.396 e. The van der Waals surface area contributed by atoms with Crippen LogP contribution in [0.15, 0.2) is 36.7 Å². The second-order valence-electron chi connectivity index (χ2n) is 5.74. The van der Waals surface area contributed by atoms with Crippen molar-refractivity contribution in [3.8, 4) is 0 Å². The Kier molecular flexibility index (Phi) is 4.53. The second-order valence-corrected chi connectivity index (χ2v) is 5.74. The third-order valence-corrected chi connectivity index (χ3v) is 4.13. The first-order chi connectivity index (χ1) is 10.7. The minimum atomic E-state index is 0.134. The number of hydrogen-bond acceptors (Lipinski definition) is 5. The van der Waals surface area contributed by atoms with E-state index in [4.69, 9.17) is 10.5 Å². The fourth-order valence-corrected chi connectivity index (χ4v) is 2.91. The largest absolute Gasteiger partial charge is 0.396 e. The zero-order chi connectivity index (χ0) is 15.4. The van der Waals surface area contributed by atoms with E-state index >= 15 is 0 Å². The second kappa shape index (κ2) is 6.75. The number of aryl methyl sites for hydroxylation is 1. The van der Waals surface area contributed by atoms with Crippen LogP contribution in [0.2, 0.25) is 0 Å². The van der Waals surface area contributed by atoms with Gasteiger partial charge in [0.15, 0.2) is 0 Å². The van der Waals surface area contributed by atoms with Crippen molar-refractivity contribution < 1.29 is 4.74 Å². The number of hydrogen-bond donors (Lipinski definition) is 2. The van der Waals surface area contributed by atoms with E-state index in [1.807, 2.05) is 31.3 Å². The van der Waals surface area contributed by atoms with Gasteiger partial charge in [-0.15, -0.1) is 0 Å². The maximum atomic E-state index is 6.08. The Balaban J connectivity index is 1.89. The van der Waals surface area contributed by atoms with Crippen molar-refractivity contribution in [2.75, 3.05) is 24.3 Å². The van der Waals surface area contributed by atoms with Gasteiger partial charge in [-0.05, 0) is 43.9 Å². The monoisotopic (exact) mass is 298 g/mol. The number of nitrogen functional groups attached to an aromatic ring is 1. The molecule has 1 aliphatic rings. The molecule has 1 atom stereocenters. The van der Waals surface area contributed by atoms with Crippen LogP contribution in [0.25, 0.3) is 0 Å². The van der Waals surface area contributed by atoms with Crippen LogP contribution in [0.1, 0.15) is 30.3 Å². The van der Waals surface area contributed by atoms with Crippen molar-refractivity contribution in [1.29, 1.82) is 0 Å². The van der Waals surface area contributed by atoms with Gasteiger partial charge < -0.3 is 15.8 Å². The summed E-state index contributed by atoms with van der Waals surface area (Å²) in [6.07, 6.45) is 5.60. The molecule has 3 heterocycles. The van der Waals surface area contributed by atoms with Crippen molar-refractivity contribution >= 4 is 11.4 Å². The van der Waals surface area contributed by atoms with Gasteiger partial charge in [0.1, 0.15) is 0 Å². The molecule has 116 valence electrons. The van der Waals surface area contributed by atoms with E-state index in [1.165, 1.54) is 0 Å². The van der Waals surface area contributed by atoms with Gasteiger partial charge in [0.2, 0.25) is 0 Å². The Hall–Kier alpha value is -2.14. The van der Waals surface area contributed by atoms with Crippen LogP contribution in [-0.4, -0.2) is 23.2 Å². The van der Waals surface area contributed by atoms with Crippen LogP contribution >= 0.6 is 0 Å². The molecular formula is C17H22N4O. The molecule has 0 bridgehead atoms. The van der Waals surface area contributed by atoms with Gasteiger partial charge in [-0.2, -0.15) is 0 Å². The third-order valence-electron chi connectivity index (χ3n) is 4.13. The van der Waals surface area contributed by atoms with Crippen molar-refractivity contribution in [2.45, 2.75) is 25.8 Å². The highest BCUT2D eigenvalue weighted by Gasteiger charge is 2.26. The maximum absolute atomic E-state index is 6.08. The molecule has 0 saturated carbocycles. The molecular weight excluding hydrogens is 276 g/mol. The summed E-state index contributed by atoms with van der Waals surface area (Å²) in [6.45, 7) is 3.58. The summed E-state index contributed by atoms with van der Waals surface area (Å²) in [5.41, 5.74) is 9.66. The van der Waals surface area contributed by atoms with Gasteiger partial charge in [0, 0.05) is 25.1 Å². The summed E-state index contributed by atoms with van der Waals surface area (Å²) in [7, 11) is 0. The summed E-state index contributed by atoms with van der Waals surface area (Å²) in [6, 6.07) is 8.16. The molecule has 0 spiro atoms. The molecule has 3 rings (SSSR count). The zero-order valence-corrected chi connectivity index (χ0v) is 12.8. The van der Waals surface area contributed by atoms with Gasteiger partial charge in [0.05, 0.1) is 29.3 Å². The van der Waals surface area contributed by atoms with Gasteiger partial charge in [0.25, 0.3) is 0 Å². The quantitative estimate of drug-likeness (QED) is 0.908. The number of nitrogens with one attached hydrogen (secondary N) is 1. The van der Waals surface area contributed by atoms with Crippen molar-refractivity contribution in [1.82, 2.24) is 9.97 Å². The van der Waals surface area contributed by atoms with Crippen LogP contribution in [0.4, 0.5) is 11.4 Å². The number of anilines is 2. The minimum absolute atomic E-state index is 0.134. The molecule has 5 heteroatoms. The number of rotatable bonds is 4. The van der Waals surface area contributed by atoms with Gasteiger partial charge in [-0.25, -0.2) is 0 Å². The SMILES string of the molecule is Cc1cc(NC(c2ccccn2)C2CCOCC2)c(N)cn1. The summed E-state index contributed by atoms with van der Waals surface area (Å²) >= 11 is 0. The van der Waals surface area contributed by atoms with Crippen molar-refractivity contribution in [3.05, 3.63) is 48.0 Å². The highest BCUT2D eigenvalue weighted by molar-refractivity contribution is 5.65. The van der Waals surface area contributed by atoms with Crippen LogP contribution in [0, 0.1) is 12.8 Å². The average molecular weight is 298 g/mol. The van der Waals surface area contributed by atoms with Crippen LogP contribution in [0.3, 0.4) is 0 Å². The van der Waals surface area contributed by atoms with E-state index in [2.05, 4.69) is 21.4 Å². The highest BCUT2D eigenvalue weighted by Crippen LogP contribution is 2.33. The Labute approximate surface area is 130 Å². The Morgan fingerprint density at radius 2 is 2.09 bits per heavy atom. The summed E-state index contributed by atoms with van der Waals surface area (Å²) in [5.74, 6) is 0.483. The Morgan fingerprint density at radius 3 is 2.82 bits per heavy atom. The van der Waals surface area contributed by atoms with E-state index in [0.29, 0.717) is 11.6 Å². The topological polar surface area (TPSA) is 73.1 Å². The lowest BCUT2D eigenvalue weighted by Crippen LogP contribution is -2.28. The van der Waals surface area contributed by atoms with E-state index in [9.17, 15) is 0 Å². The molecule has 5 nitrogen and oxygen atoms in total. The third kappa shape index (κ3) is 3.36. The van der Waals surface area contributed by atoms with Crippen LogP contribution < -0.4 is 11.1 Å².